The van der Waals surface area contributed by atoms with Crippen LogP contribution in [0.25, 0.3) is 0 Å². The SMILES string of the molecule is CC(C1CC1)N1CCC(CCC(=O)O)CC1. The monoisotopic (exact) mass is 225 g/mol. The Labute approximate surface area is 97.8 Å². The molecule has 0 spiro atoms. The fraction of sp³-hybridized carbons (Fsp3) is 0.923. The van der Waals surface area contributed by atoms with Gasteiger partial charge in [-0.1, -0.05) is 0 Å². The molecule has 3 heteroatoms. The van der Waals surface area contributed by atoms with Crippen molar-refractivity contribution in [2.24, 2.45) is 11.8 Å². The zero-order valence-electron chi connectivity index (χ0n) is 10.2. The Bertz CT molecular complexity index is 242. The second-order valence-corrected chi connectivity index (χ2v) is 5.49. The Morgan fingerprint density at radius 3 is 2.44 bits per heavy atom. The molecule has 1 heterocycles. The molecule has 0 aromatic rings. The molecule has 1 unspecified atom stereocenters. The zero-order valence-corrected chi connectivity index (χ0v) is 10.2. The minimum atomic E-state index is -0.645. The summed E-state index contributed by atoms with van der Waals surface area (Å²) in [5.41, 5.74) is 0. The number of piperidine rings is 1. The van der Waals surface area contributed by atoms with Crippen LogP contribution < -0.4 is 0 Å². The number of hydrogen-bond acceptors (Lipinski definition) is 2. The molecule has 1 aliphatic carbocycles. The highest BCUT2D eigenvalue weighted by Gasteiger charge is 2.33. The molecule has 0 aromatic carbocycles. The summed E-state index contributed by atoms with van der Waals surface area (Å²) >= 11 is 0. The van der Waals surface area contributed by atoms with E-state index in [1.165, 1.54) is 38.8 Å². The van der Waals surface area contributed by atoms with Crippen LogP contribution in [0.1, 0.15) is 45.4 Å². The summed E-state index contributed by atoms with van der Waals surface area (Å²) in [5, 5.41) is 8.65. The molecule has 1 saturated carbocycles. The van der Waals surface area contributed by atoms with Gasteiger partial charge in [0.25, 0.3) is 0 Å². The predicted molar refractivity (Wildman–Crippen MR) is 63.4 cm³/mol. The van der Waals surface area contributed by atoms with E-state index in [0.29, 0.717) is 12.3 Å². The van der Waals surface area contributed by atoms with Gasteiger partial charge in [0.15, 0.2) is 0 Å². The highest BCUT2D eigenvalue weighted by atomic mass is 16.4. The van der Waals surface area contributed by atoms with Gasteiger partial charge < -0.3 is 10.0 Å². The van der Waals surface area contributed by atoms with E-state index in [9.17, 15) is 4.79 Å². The summed E-state index contributed by atoms with van der Waals surface area (Å²) in [6.45, 7) is 4.72. The Kier molecular flexibility index (Phi) is 3.85. The lowest BCUT2D eigenvalue weighted by atomic mass is 9.91. The van der Waals surface area contributed by atoms with Gasteiger partial charge in [0, 0.05) is 12.5 Å². The summed E-state index contributed by atoms with van der Waals surface area (Å²) in [6, 6.07) is 0.764. The van der Waals surface area contributed by atoms with Crippen molar-refractivity contribution in [3.05, 3.63) is 0 Å². The second-order valence-electron chi connectivity index (χ2n) is 5.49. The van der Waals surface area contributed by atoms with Crippen molar-refractivity contribution in [1.82, 2.24) is 4.90 Å². The lowest BCUT2D eigenvalue weighted by Gasteiger charge is -2.36. The molecule has 0 aromatic heterocycles. The minimum absolute atomic E-state index is 0.350. The number of likely N-dealkylation sites (tertiary alicyclic amines) is 1. The maximum absolute atomic E-state index is 10.5. The highest BCUT2D eigenvalue weighted by Crippen LogP contribution is 2.36. The van der Waals surface area contributed by atoms with Gasteiger partial charge in [-0.2, -0.15) is 0 Å². The van der Waals surface area contributed by atoms with Crippen LogP contribution in [-0.4, -0.2) is 35.1 Å². The molecular weight excluding hydrogens is 202 g/mol. The number of rotatable bonds is 5. The molecule has 1 aliphatic heterocycles. The molecule has 2 fully saturated rings. The van der Waals surface area contributed by atoms with Crippen molar-refractivity contribution in [2.75, 3.05) is 13.1 Å². The third kappa shape index (κ3) is 3.21. The van der Waals surface area contributed by atoms with Crippen molar-refractivity contribution >= 4 is 5.97 Å². The summed E-state index contributed by atoms with van der Waals surface area (Å²) in [4.78, 5) is 13.1. The van der Waals surface area contributed by atoms with Crippen molar-refractivity contribution in [3.63, 3.8) is 0 Å². The molecular formula is C13H23NO2. The van der Waals surface area contributed by atoms with Crippen LogP contribution in [0.4, 0.5) is 0 Å². The number of carbonyl (C=O) groups is 1. The molecule has 3 nitrogen and oxygen atoms in total. The summed E-state index contributed by atoms with van der Waals surface area (Å²) in [6.07, 6.45) is 6.46. The van der Waals surface area contributed by atoms with Gasteiger partial charge in [0.2, 0.25) is 0 Å². The van der Waals surface area contributed by atoms with Crippen molar-refractivity contribution in [1.29, 1.82) is 0 Å². The molecule has 1 N–H and O–H groups in total. The van der Waals surface area contributed by atoms with Gasteiger partial charge in [-0.3, -0.25) is 4.79 Å². The van der Waals surface area contributed by atoms with Crippen LogP contribution >= 0.6 is 0 Å². The zero-order chi connectivity index (χ0) is 11.5. The van der Waals surface area contributed by atoms with E-state index in [2.05, 4.69) is 11.8 Å². The van der Waals surface area contributed by atoms with Crippen LogP contribution in [0, 0.1) is 11.8 Å². The number of carboxylic acid groups (broad SMARTS) is 1. The fourth-order valence-electron chi connectivity index (χ4n) is 2.85. The summed E-state index contributed by atoms with van der Waals surface area (Å²) in [7, 11) is 0. The molecule has 1 saturated heterocycles. The first kappa shape index (κ1) is 11.9. The Morgan fingerprint density at radius 1 is 1.31 bits per heavy atom. The van der Waals surface area contributed by atoms with Crippen molar-refractivity contribution in [2.45, 2.75) is 51.5 Å². The van der Waals surface area contributed by atoms with Gasteiger partial charge >= 0.3 is 5.97 Å². The summed E-state index contributed by atoms with van der Waals surface area (Å²) < 4.78 is 0. The van der Waals surface area contributed by atoms with Gasteiger partial charge in [-0.05, 0) is 64.0 Å². The topological polar surface area (TPSA) is 40.5 Å². The van der Waals surface area contributed by atoms with Crippen LogP contribution in [0.3, 0.4) is 0 Å². The van der Waals surface area contributed by atoms with Gasteiger partial charge in [0.1, 0.15) is 0 Å². The van der Waals surface area contributed by atoms with Crippen molar-refractivity contribution in [3.8, 4) is 0 Å². The maximum atomic E-state index is 10.5. The molecule has 2 rings (SSSR count). The standard InChI is InChI=1S/C13H23NO2/c1-10(12-3-4-12)14-8-6-11(7-9-14)2-5-13(15)16/h10-12H,2-9H2,1H3,(H,15,16). The van der Waals surface area contributed by atoms with Crippen LogP contribution in [-0.2, 0) is 4.79 Å². The fourth-order valence-corrected chi connectivity index (χ4v) is 2.85. The Hall–Kier alpha value is -0.570. The van der Waals surface area contributed by atoms with Crippen LogP contribution in [0.5, 0.6) is 0 Å². The molecule has 0 bridgehead atoms. The van der Waals surface area contributed by atoms with E-state index < -0.39 is 5.97 Å². The minimum Gasteiger partial charge on any atom is -0.481 e. The molecule has 2 aliphatic rings. The predicted octanol–water partition coefficient (Wildman–Crippen LogP) is 2.36. The molecule has 16 heavy (non-hydrogen) atoms. The lowest BCUT2D eigenvalue weighted by molar-refractivity contribution is -0.137. The smallest absolute Gasteiger partial charge is 0.303 e. The number of carboxylic acids is 1. The maximum Gasteiger partial charge on any atom is 0.303 e. The van der Waals surface area contributed by atoms with Crippen molar-refractivity contribution < 1.29 is 9.90 Å². The van der Waals surface area contributed by atoms with Crippen LogP contribution in [0.15, 0.2) is 0 Å². The van der Waals surface area contributed by atoms with Gasteiger partial charge in [-0.25, -0.2) is 0 Å². The third-order valence-electron chi connectivity index (χ3n) is 4.30. The average molecular weight is 225 g/mol. The first-order chi connectivity index (χ1) is 7.66. The first-order valence-corrected chi connectivity index (χ1v) is 6.62. The van der Waals surface area contributed by atoms with E-state index >= 15 is 0 Å². The second kappa shape index (κ2) is 5.17. The average Bonchev–Trinajstić information content (AvgIpc) is 3.10. The van der Waals surface area contributed by atoms with Gasteiger partial charge in [0.05, 0.1) is 0 Å². The Morgan fingerprint density at radius 2 is 1.94 bits per heavy atom. The number of aliphatic carboxylic acids is 1. The van der Waals surface area contributed by atoms with E-state index in [1.54, 1.807) is 0 Å². The van der Waals surface area contributed by atoms with E-state index in [1.807, 2.05) is 0 Å². The largest absolute Gasteiger partial charge is 0.481 e. The molecule has 0 radical (unpaired) electrons. The van der Waals surface area contributed by atoms with Crippen LogP contribution in [0.2, 0.25) is 0 Å². The molecule has 0 amide bonds. The van der Waals surface area contributed by atoms with E-state index in [0.717, 1.165) is 18.4 Å². The molecule has 1 atom stereocenters. The first-order valence-electron chi connectivity index (χ1n) is 6.62. The number of nitrogens with zero attached hydrogens (tertiary/aromatic N) is 1. The summed E-state index contributed by atoms with van der Waals surface area (Å²) in [5.74, 6) is 0.961. The van der Waals surface area contributed by atoms with Gasteiger partial charge in [-0.15, -0.1) is 0 Å². The van der Waals surface area contributed by atoms with E-state index in [-0.39, 0.29) is 0 Å². The normalized spacial score (nSPS) is 25.6. The lowest BCUT2D eigenvalue weighted by Crippen LogP contribution is -2.41. The molecule has 92 valence electrons. The highest BCUT2D eigenvalue weighted by molar-refractivity contribution is 5.66. The Balaban J connectivity index is 1.67. The third-order valence-corrected chi connectivity index (χ3v) is 4.30. The quantitative estimate of drug-likeness (QED) is 0.781. The van der Waals surface area contributed by atoms with E-state index in [4.69, 9.17) is 5.11 Å². The number of hydrogen-bond donors (Lipinski definition) is 1.